The number of fused-ring (bicyclic) bond motifs is 1. The number of hydrogen-bond donors (Lipinski definition) is 3. The van der Waals surface area contributed by atoms with Crippen molar-refractivity contribution < 1.29 is 14.5 Å². The molecule has 0 aliphatic carbocycles. The van der Waals surface area contributed by atoms with Gasteiger partial charge in [0.25, 0.3) is 11.6 Å². The number of nitro groups is 1. The van der Waals surface area contributed by atoms with Crippen LogP contribution in [0, 0.1) is 16.0 Å². The van der Waals surface area contributed by atoms with Crippen LogP contribution < -0.4 is 16.4 Å². The van der Waals surface area contributed by atoms with Crippen LogP contribution in [0.15, 0.2) is 72.8 Å². The van der Waals surface area contributed by atoms with E-state index in [-0.39, 0.29) is 23.4 Å². The van der Waals surface area contributed by atoms with Crippen molar-refractivity contribution in [2.24, 2.45) is 11.7 Å². The molecule has 3 aromatic rings. The van der Waals surface area contributed by atoms with Gasteiger partial charge in [0.05, 0.1) is 16.2 Å². The summed E-state index contributed by atoms with van der Waals surface area (Å²) in [5.74, 6) is -0.573. The second kappa shape index (κ2) is 10.2. The molecule has 4 N–H and O–H groups in total. The first-order chi connectivity index (χ1) is 17.9. The Morgan fingerprint density at radius 3 is 2.41 bits per heavy atom. The van der Waals surface area contributed by atoms with E-state index < -0.39 is 4.92 Å². The number of benzene rings is 3. The van der Waals surface area contributed by atoms with E-state index in [4.69, 9.17) is 5.73 Å². The van der Waals surface area contributed by atoms with E-state index in [1.807, 2.05) is 54.6 Å². The van der Waals surface area contributed by atoms with Gasteiger partial charge in [0.2, 0.25) is 5.91 Å². The molecule has 2 aliphatic rings. The van der Waals surface area contributed by atoms with E-state index in [1.165, 1.54) is 12.1 Å². The minimum Gasteiger partial charge on any atom is -0.369 e. The Labute approximate surface area is 214 Å². The molecule has 0 radical (unpaired) electrons. The van der Waals surface area contributed by atoms with Crippen molar-refractivity contribution in [3.8, 4) is 0 Å². The average Bonchev–Trinajstić information content (AvgIpc) is 3.23. The van der Waals surface area contributed by atoms with Gasteiger partial charge in [0, 0.05) is 41.5 Å². The molecule has 0 saturated carbocycles. The Morgan fingerprint density at radius 1 is 1.05 bits per heavy atom. The smallest absolute Gasteiger partial charge is 0.270 e. The number of nitrogens with zero attached hydrogens (tertiary/aromatic N) is 2. The molecule has 9 nitrogen and oxygen atoms in total. The Hall–Kier alpha value is -4.50. The highest BCUT2D eigenvalue weighted by molar-refractivity contribution is 6.37. The first-order valence-electron chi connectivity index (χ1n) is 12.2. The number of primary amides is 1. The Kier molecular flexibility index (Phi) is 6.70. The first kappa shape index (κ1) is 24.2. The summed E-state index contributed by atoms with van der Waals surface area (Å²) >= 11 is 0. The molecule has 5 rings (SSSR count). The molecule has 1 saturated heterocycles. The lowest BCUT2D eigenvalue weighted by Gasteiger charge is -2.30. The van der Waals surface area contributed by atoms with Gasteiger partial charge >= 0.3 is 0 Å². The van der Waals surface area contributed by atoms with Crippen molar-refractivity contribution in [1.82, 2.24) is 4.90 Å². The zero-order chi connectivity index (χ0) is 25.9. The fraction of sp³-hybridized carbons (Fsp3) is 0.214. The summed E-state index contributed by atoms with van der Waals surface area (Å²) in [5, 5.41) is 17.6. The second-order valence-electron chi connectivity index (χ2n) is 9.33. The van der Waals surface area contributed by atoms with E-state index in [0.717, 1.165) is 49.3 Å². The fourth-order valence-electron chi connectivity index (χ4n) is 4.87. The number of likely N-dealkylation sites (tertiary alicyclic amines) is 1. The van der Waals surface area contributed by atoms with Crippen LogP contribution in [0.3, 0.4) is 0 Å². The standard InChI is InChI=1S/C28H27N5O4/c29-27(34)20-12-14-32(15-13-20)17-18-6-8-21(9-7-18)30-26(19-4-2-1-3-5-19)25-23-16-22(33(36)37)10-11-24(23)31-28(25)35/h1-11,16,20,30H,12-15,17H2,(H2,29,34)(H,31,35). The summed E-state index contributed by atoms with van der Waals surface area (Å²) < 4.78 is 0. The highest BCUT2D eigenvalue weighted by Gasteiger charge is 2.30. The number of hydrogen-bond acceptors (Lipinski definition) is 6. The Bertz CT molecular complexity index is 1380. The topological polar surface area (TPSA) is 131 Å². The van der Waals surface area contributed by atoms with Gasteiger partial charge < -0.3 is 16.4 Å². The molecule has 0 bridgehead atoms. The van der Waals surface area contributed by atoms with E-state index in [1.54, 1.807) is 6.07 Å². The van der Waals surface area contributed by atoms with Crippen LogP contribution in [0.5, 0.6) is 0 Å². The maximum absolute atomic E-state index is 13.0. The number of rotatable bonds is 7. The molecule has 2 heterocycles. The number of anilines is 2. The largest absolute Gasteiger partial charge is 0.369 e. The van der Waals surface area contributed by atoms with E-state index in [9.17, 15) is 19.7 Å². The van der Waals surface area contributed by atoms with Gasteiger partial charge in [-0.05, 0) is 55.3 Å². The molecule has 2 aliphatic heterocycles. The molecule has 0 atom stereocenters. The van der Waals surface area contributed by atoms with Gasteiger partial charge in [-0.2, -0.15) is 0 Å². The third kappa shape index (κ3) is 5.22. The minimum atomic E-state index is -0.467. The highest BCUT2D eigenvalue weighted by atomic mass is 16.6. The van der Waals surface area contributed by atoms with Crippen LogP contribution >= 0.6 is 0 Å². The van der Waals surface area contributed by atoms with Gasteiger partial charge in [-0.25, -0.2) is 0 Å². The van der Waals surface area contributed by atoms with Crippen LogP contribution in [0.1, 0.15) is 29.5 Å². The van der Waals surface area contributed by atoms with Crippen LogP contribution in [-0.2, 0) is 16.1 Å². The molecule has 3 aromatic carbocycles. The molecule has 0 spiro atoms. The lowest BCUT2D eigenvalue weighted by Crippen LogP contribution is -2.38. The predicted octanol–water partition coefficient (Wildman–Crippen LogP) is 4.22. The number of nitrogens with two attached hydrogens (primary N) is 1. The van der Waals surface area contributed by atoms with Crippen molar-refractivity contribution >= 4 is 40.1 Å². The number of nitrogens with one attached hydrogen (secondary N) is 2. The zero-order valence-corrected chi connectivity index (χ0v) is 20.1. The normalized spacial score (nSPS) is 17.1. The molecule has 2 amide bonds. The molecular formula is C28H27N5O4. The molecule has 0 aromatic heterocycles. The molecular weight excluding hydrogens is 470 g/mol. The molecule has 9 heteroatoms. The minimum absolute atomic E-state index is 0.0355. The van der Waals surface area contributed by atoms with Crippen LogP contribution in [0.2, 0.25) is 0 Å². The van der Waals surface area contributed by atoms with Crippen molar-refractivity contribution in [2.45, 2.75) is 19.4 Å². The number of nitro benzene ring substituents is 1. The van der Waals surface area contributed by atoms with Gasteiger partial charge in [-0.1, -0.05) is 42.5 Å². The Balaban J connectivity index is 1.42. The van der Waals surface area contributed by atoms with Gasteiger partial charge in [0.1, 0.15) is 0 Å². The van der Waals surface area contributed by atoms with Gasteiger partial charge in [0.15, 0.2) is 0 Å². The van der Waals surface area contributed by atoms with Crippen molar-refractivity contribution in [2.75, 3.05) is 23.7 Å². The third-order valence-corrected chi connectivity index (χ3v) is 6.89. The van der Waals surface area contributed by atoms with E-state index in [0.29, 0.717) is 22.5 Å². The summed E-state index contributed by atoms with van der Waals surface area (Å²) in [5.41, 5.74) is 10.0. The SMILES string of the molecule is NC(=O)C1CCN(Cc2ccc(NC(=C3C(=O)Nc4ccc([N+](=O)[O-])cc43)c3ccccc3)cc2)CC1. The molecule has 1 fully saturated rings. The summed E-state index contributed by atoms with van der Waals surface area (Å²) in [6.45, 7) is 2.44. The van der Waals surface area contributed by atoms with Gasteiger partial charge in [-0.15, -0.1) is 0 Å². The molecule has 0 unspecified atom stereocenters. The van der Waals surface area contributed by atoms with Gasteiger partial charge in [-0.3, -0.25) is 24.6 Å². The summed E-state index contributed by atoms with van der Waals surface area (Å²) in [6, 6.07) is 21.8. The predicted molar refractivity (Wildman–Crippen MR) is 142 cm³/mol. The Morgan fingerprint density at radius 2 is 1.76 bits per heavy atom. The maximum atomic E-state index is 13.0. The van der Waals surface area contributed by atoms with Crippen molar-refractivity contribution in [1.29, 1.82) is 0 Å². The average molecular weight is 498 g/mol. The van der Waals surface area contributed by atoms with Crippen LogP contribution in [-0.4, -0.2) is 34.7 Å². The maximum Gasteiger partial charge on any atom is 0.270 e. The van der Waals surface area contributed by atoms with Crippen LogP contribution in [0.4, 0.5) is 17.1 Å². The highest BCUT2D eigenvalue weighted by Crippen LogP contribution is 2.39. The lowest BCUT2D eigenvalue weighted by molar-refractivity contribution is -0.384. The molecule has 188 valence electrons. The number of amides is 2. The number of non-ortho nitro benzene ring substituents is 1. The van der Waals surface area contributed by atoms with E-state index >= 15 is 0 Å². The number of piperidine rings is 1. The van der Waals surface area contributed by atoms with Crippen LogP contribution in [0.25, 0.3) is 11.3 Å². The summed E-state index contributed by atoms with van der Waals surface area (Å²) in [6.07, 6.45) is 1.56. The quantitative estimate of drug-likeness (QED) is 0.254. The third-order valence-electron chi connectivity index (χ3n) is 6.89. The number of carbonyl (C=O) groups is 2. The molecule has 37 heavy (non-hydrogen) atoms. The van der Waals surface area contributed by atoms with Crippen molar-refractivity contribution in [3.63, 3.8) is 0 Å². The monoisotopic (exact) mass is 497 g/mol. The summed E-state index contributed by atoms with van der Waals surface area (Å²) in [7, 11) is 0. The lowest BCUT2D eigenvalue weighted by atomic mass is 9.96. The first-order valence-corrected chi connectivity index (χ1v) is 12.2. The number of carbonyl (C=O) groups excluding carboxylic acids is 2. The fourth-order valence-corrected chi connectivity index (χ4v) is 4.87. The zero-order valence-electron chi connectivity index (χ0n) is 20.1. The second-order valence-corrected chi connectivity index (χ2v) is 9.33. The van der Waals surface area contributed by atoms with E-state index in [2.05, 4.69) is 15.5 Å². The van der Waals surface area contributed by atoms with Crippen molar-refractivity contribution in [3.05, 3.63) is 99.6 Å². The summed E-state index contributed by atoms with van der Waals surface area (Å²) in [4.78, 5) is 37.7.